The molecule has 0 N–H and O–H groups in total. The fraction of sp³-hybridized carbons (Fsp3) is 0.300. The molecule has 144 valence electrons. The van der Waals surface area contributed by atoms with Gasteiger partial charge in [0.15, 0.2) is 27.8 Å². The molecule has 0 radical (unpaired) electrons. The van der Waals surface area contributed by atoms with Crippen molar-refractivity contribution in [1.82, 2.24) is 4.57 Å². The van der Waals surface area contributed by atoms with Crippen molar-refractivity contribution in [3.8, 4) is 23.0 Å². The van der Waals surface area contributed by atoms with Crippen LogP contribution >= 0.6 is 11.3 Å². The summed E-state index contributed by atoms with van der Waals surface area (Å²) in [6.45, 7) is 3.21. The van der Waals surface area contributed by atoms with Crippen LogP contribution in [0.25, 0.3) is 10.2 Å². The van der Waals surface area contributed by atoms with Crippen LogP contribution in [0.15, 0.2) is 41.4 Å². The number of ether oxygens (including phenoxy) is 4. The molecule has 0 bridgehead atoms. The lowest BCUT2D eigenvalue weighted by Gasteiger charge is -2.23. The molecule has 1 amide bonds. The van der Waals surface area contributed by atoms with Crippen LogP contribution in [-0.4, -0.2) is 30.0 Å². The molecule has 28 heavy (non-hydrogen) atoms. The third kappa shape index (κ3) is 2.90. The van der Waals surface area contributed by atoms with E-state index in [1.807, 2.05) is 34.9 Å². The number of carbonyl (C=O) groups is 1. The monoisotopic (exact) mass is 398 g/mol. The molecule has 0 spiro atoms. The van der Waals surface area contributed by atoms with Crippen molar-refractivity contribution in [2.75, 3.05) is 13.4 Å². The Morgan fingerprint density at radius 2 is 1.93 bits per heavy atom. The first-order valence-corrected chi connectivity index (χ1v) is 9.94. The Morgan fingerprint density at radius 1 is 1.14 bits per heavy atom. The first-order chi connectivity index (χ1) is 13.7. The van der Waals surface area contributed by atoms with Crippen molar-refractivity contribution in [1.29, 1.82) is 0 Å². The molecule has 0 aliphatic carbocycles. The van der Waals surface area contributed by atoms with Gasteiger partial charge in [0.1, 0.15) is 6.61 Å². The Labute approximate surface area is 164 Å². The lowest BCUT2D eigenvalue weighted by Crippen LogP contribution is -2.36. The molecule has 3 heterocycles. The number of benzene rings is 2. The standard InChI is InChI=1S/C20H18N2O5S/c1-2-7-22-12-8-15-16(26-11-25-15)9-18(12)28-20(22)21-19(23)17-10-24-13-5-3-4-6-14(13)27-17/h3-6,8-9,17H,2,7,10-11H2,1H3/t17-/m0/s1. The second-order valence-corrected chi connectivity index (χ2v) is 7.53. The molecular weight excluding hydrogens is 380 g/mol. The summed E-state index contributed by atoms with van der Waals surface area (Å²) in [7, 11) is 0. The minimum absolute atomic E-state index is 0.147. The van der Waals surface area contributed by atoms with E-state index in [1.54, 1.807) is 6.07 Å². The highest BCUT2D eigenvalue weighted by Crippen LogP contribution is 2.37. The third-order valence-corrected chi connectivity index (χ3v) is 5.66. The van der Waals surface area contributed by atoms with Gasteiger partial charge >= 0.3 is 0 Å². The van der Waals surface area contributed by atoms with Crippen LogP contribution in [0.2, 0.25) is 0 Å². The summed E-state index contributed by atoms with van der Waals surface area (Å²) in [5.41, 5.74) is 0.980. The van der Waals surface area contributed by atoms with Crippen LogP contribution in [0.4, 0.5) is 0 Å². The number of hydrogen-bond donors (Lipinski definition) is 0. The minimum Gasteiger partial charge on any atom is -0.485 e. The summed E-state index contributed by atoms with van der Waals surface area (Å²) in [5, 5.41) is 0. The lowest BCUT2D eigenvalue weighted by atomic mass is 10.2. The van der Waals surface area contributed by atoms with Gasteiger partial charge in [-0.2, -0.15) is 4.99 Å². The van der Waals surface area contributed by atoms with Gasteiger partial charge in [0.05, 0.1) is 10.2 Å². The molecule has 2 aliphatic rings. The zero-order chi connectivity index (χ0) is 19.1. The van der Waals surface area contributed by atoms with Crippen LogP contribution in [0, 0.1) is 0 Å². The molecule has 5 rings (SSSR count). The summed E-state index contributed by atoms with van der Waals surface area (Å²) in [6, 6.07) is 11.2. The van der Waals surface area contributed by atoms with Gasteiger partial charge in [0, 0.05) is 18.7 Å². The average molecular weight is 398 g/mol. The summed E-state index contributed by atoms with van der Waals surface area (Å²) in [4.78, 5) is 17.8. The molecule has 1 aromatic heterocycles. The average Bonchev–Trinajstić information content (AvgIpc) is 3.30. The first kappa shape index (κ1) is 17.1. The number of rotatable bonds is 3. The Hall–Kier alpha value is -3.00. The van der Waals surface area contributed by atoms with E-state index in [0.29, 0.717) is 22.0 Å². The zero-order valence-corrected chi connectivity index (χ0v) is 16.0. The van der Waals surface area contributed by atoms with Gasteiger partial charge in [-0.05, 0) is 18.6 Å². The Balaban J connectivity index is 1.52. The minimum atomic E-state index is -0.758. The second kappa shape index (κ2) is 6.87. The highest BCUT2D eigenvalue weighted by atomic mass is 32.1. The van der Waals surface area contributed by atoms with E-state index >= 15 is 0 Å². The maximum absolute atomic E-state index is 12.8. The number of fused-ring (bicyclic) bond motifs is 3. The molecule has 0 fully saturated rings. The molecule has 0 saturated heterocycles. The highest BCUT2D eigenvalue weighted by molar-refractivity contribution is 7.16. The molecule has 2 aromatic carbocycles. The van der Waals surface area contributed by atoms with Gasteiger partial charge in [-0.25, -0.2) is 0 Å². The smallest absolute Gasteiger partial charge is 0.292 e. The Kier molecular flexibility index (Phi) is 4.20. The molecule has 3 aromatic rings. The van der Waals surface area contributed by atoms with Crippen molar-refractivity contribution in [2.45, 2.75) is 26.0 Å². The van der Waals surface area contributed by atoms with Gasteiger partial charge in [-0.15, -0.1) is 0 Å². The molecule has 7 nitrogen and oxygen atoms in total. The van der Waals surface area contributed by atoms with Crippen molar-refractivity contribution in [2.24, 2.45) is 4.99 Å². The van der Waals surface area contributed by atoms with Crippen molar-refractivity contribution in [3.63, 3.8) is 0 Å². The lowest BCUT2D eigenvalue weighted by molar-refractivity contribution is -0.127. The summed E-state index contributed by atoms with van der Waals surface area (Å²) >= 11 is 1.45. The largest absolute Gasteiger partial charge is 0.485 e. The van der Waals surface area contributed by atoms with Gasteiger partial charge in [0.2, 0.25) is 12.9 Å². The predicted octanol–water partition coefficient (Wildman–Crippen LogP) is 3.11. The number of para-hydroxylation sites is 2. The quantitative estimate of drug-likeness (QED) is 0.678. The van der Waals surface area contributed by atoms with Crippen LogP contribution < -0.4 is 23.7 Å². The summed E-state index contributed by atoms with van der Waals surface area (Å²) in [5.74, 6) is 2.28. The van der Waals surface area contributed by atoms with Gasteiger partial charge in [-0.3, -0.25) is 4.79 Å². The summed E-state index contributed by atoms with van der Waals surface area (Å²) < 4.78 is 25.4. The van der Waals surface area contributed by atoms with E-state index in [9.17, 15) is 4.79 Å². The van der Waals surface area contributed by atoms with E-state index in [0.717, 1.165) is 28.9 Å². The van der Waals surface area contributed by atoms with E-state index in [1.165, 1.54) is 11.3 Å². The third-order valence-electron chi connectivity index (χ3n) is 4.61. The molecule has 0 unspecified atom stereocenters. The highest BCUT2D eigenvalue weighted by Gasteiger charge is 2.27. The van der Waals surface area contributed by atoms with Crippen molar-refractivity contribution >= 4 is 27.5 Å². The topological polar surface area (TPSA) is 71.3 Å². The number of thiazole rings is 1. The van der Waals surface area contributed by atoms with E-state index in [4.69, 9.17) is 18.9 Å². The fourth-order valence-corrected chi connectivity index (χ4v) is 4.36. The molecule has 8 heteroatoms. The first-order valence-electron chi connectivity index (χ1n) is 9.13. The van der Waals surface area contributed by atoms with Crippen LogP contribution in [0.5, 0.6) is 23.0 Å². The predicted molar refractivity (Wildman–Crippen MR) is 103 cm³/mol. The zero-order valence-electron chi connectivity index (χ0n) is 15.2. The second-order valence-electron chi connectivity index (χ2n) is 6.52. The number of amides is 1. The number of nitrogens with zero attached hydrogens (tertiary/aromatic N) is 2. The molecular formula is C20H18N2O5S. The number of aryl methyl sites for hydroxylation is 1. The number of hydrogen-bond acceptors (Lipinski definition) is 6. The van der Waals surface area contributed by atoms with Crippen LogP contribution in [-0.2, 0) is 11.3 Å². The van der Waals surface area contributed by atoms with E-state index < -0.39 is 6.10 Å². The normalized spacial score (nSPS) is 17.9. The molecule has 2 aliphatic heterocycles. The Bertz CT molecular complexity index is 1130. The van der Waals surface area contributed by atoms with Gasteiger partial charge < -0.3 is 23.5 Å². The van der Waals surface area contributed by atoms with E-state index in [2.05, 4.69) is 11.9 Å². The number of carbonyl (C=O) groups excluding carboxylic acids is 1. The fourth-order valence-electron chi connectivity index (χ4n) is 3.29. The van der Waals surface area contributed by atoms with Gasteiger partial charge in [0.25, 0.3) is 5.91 Å². The maximum atomic E-state index is 12.8. The van der Waals surface area contributed by atoms with E-state index in [-0.39, 0.29) is 19.3 Å². The molecule has 1 atom stereocenters. The summed E-state index contributed by atoms with van der Waals surface area (Å²) in [6.07, 6.45) is 0.157. The van der Waals surface area contributed by atoms with Crippen molar-refractivity contribution in [3.05, 3.63) is 41.2 Å². The maximum Gasteiger partial charge on any atom is 0.292 e. The molecule has 0 saturated carbocycles. The van der Waals surface area contributed by atoms with Crippen LogP contribution in [0.1, 0.15) is 13.3 Å². The SMILES string of the molecule is CCCn1c(=NC(=O)[C@@H]2COc3ccccc3O2)sc2cc3c(cc21)OCO3. The number of aromatic nitrogens is 1. The van der Waals surface area contributed by atoms with Crippen LogP contribution in [0.3, 0.4) is 0 Å². The Morgan fingerprint density at radius 3 is 2.75 bits per heavy atom. The van der Waals surface area contributed by atoms with Gasteiger partial charge in [-0.1, -0.05) is 30.4 Å². The van der Waals surface area contributed by atoms with Crippen molar-refractivity contribution < 1.29 is 23.7 Å².